The first-order valence-electron chi connectivity index (χ1n) is 10.1. The third kappa shape index (κ3) is 8.90. The molecule has 1 aromatic rings. The average Bonchev–Trinajstić information content (AvgIpc) is 2.62. The molecule has 0 spiro atoms. The topological polar surface area (TPSA) is 87.2 Å². The van der Waals surface area contributed by atoms with Crippen molar-refractivity contribution in [2.24, 2.45) is 4.99 Å². The summed E-state index contributed by atoms with van der Waals surface area (Å²) in [5, 5.41) is 9.52. The molecule has 0 aliphatic carbocycles. The standard InChI is InChI=1S/C22H39N5O3/c1-21(2,3)30-20(28)26-22(4,5)15-25-19(23-6)24-14-17(27(7)8)16-12-10-11-13-18(16)29-9/h10-13,17H,14-15H2,1-9H3,(H,26,28)(H2,23,24,25). The number of carbonyl (C=O) groups is 1. The van der Waals surface area contributed by atoms with Crippen molar-refractivity contribution in [2.75, 3.05) is 41.3 Å². The Hall–Kier alpha value is -2.48. The first kappa shape index (κ1) is 25.6. The van der Waals surface area contributed by atoms with Crippen molar-refractivity contribution in [1.29, 1.82) is 0 Å². The van der Waals surface area contributed by atoms with Crippen LogP contribution in [0.1, 0.15) is 46.2 Å². The van der Waals surface area contributed by atoms with Gasteiger partial charge in [0.05, 0.1) is 18.7 Å². The highest BCUT2D eigenvalue weighted by molar-refractivity contribution is 5.80. The number of benzene rings is 1. The molecule has 30 heavy (non-hydrogen) atoms. The maximum Gasteiger partial charge on any atom is 0.408 e. The Morgan fingerprint density at radius 3 is 2.30 bits per heavy atom. The second-order valence-electron chi connectivity index (χ2n) is 9.04. The average molecular weight is 422 g/mol. The minimum atomic E-state index is -0.537. The second kappa shape index (κ2) is 11.1. The minimum Gasteiger partial charge on any atom is -0.496 e. The van der Waals surface area contributed by atoms with Crippen molar-refractivity contribution in [3.8, 4) is 5.75 Å². The molecule has 0 bridgehead atoms. The van der Waals surface area contributed by atoms with Gasteiger partial charge in [-0.2, -0.15) is 0 Å². The molecule has 8 nitrogen and oxygen atoms in total. The van der Waals surface area contributed by atoms with Crippen LogP contribution in [-0.4, -0.2) is 69.4 Å². The summed E-state index contributed by atoms with van der Waals surface area (Å²) in [6, 6.07) is 8.08. The molecular formula is C22H39N5O3. The molecule has 1 atom stereocenters. The molecule has 1 aromatic carbocycles. The number of hydrogen-bond donors (Lipinski definition) is 3. The lowest BCUT2D eigenvalue weighted by molar-refractivity contribution is 0.0474. The summed E-state index contributed by atoms with van der Waals surface area (Å²) in [5.41, 5.74) is 0.0360. The Morgan fingerprint density at radius 1 is 1.13 bits per heavy atom. The van der Waals surface area contributed by atoms with E-state index in [1.165, 1.54) is 0 Å². The number of hydrogen-bond acceptors (Lipinski definition) is 5. The largest absolute Gasteiger partial charge is 0.496 e. The zero-order chi connectivity index (χ0) is 22.9. The van der Waals surface area contributed by atoms with E-state index in [1.807, 2.05) is 66.9 Å². The molecule has 3 N–H and O–H groups in total. The monoisotopic (exact) mass is 421 g/mol. The number of nitrogens with zero attached hydrogens (tertiary/aromatic N) is 2. The number of nitrogens with one attached hydrogen (secondary N) is 3. The van der Waals surface area contributed by atoms with E-state index in [0.717, 1.165) is 11.3 Å². The van der Waals surface area contributed by atoms with E-state index < -0.39 is 17.2 Å². The third-order valence-electron chi connectivity index (χ3n) is 4.34. The summed E-state index contributed by atoms with van der Waals surface area (Å²) in [7, 11) is 7.46. The van der Waals surface area contributed by atoms with Gasteiger partial charge >= 0.3 is 6.09 Å². The highest BCUT2D eigenvalue weighted by atomic mass is 16.6. The van der Waals surface area contributed by atoms with Crippen LogP contribution < -0.4 is 20.7 Å². The first-order chi connectivity index (χ1) is 13.9. The lowest BCUT2D eigenvalue weighted by atomic mass is 10.0. The normalized spacial score (nSPS) is 13.6. The van der Waals surface area contributed by atoms with Crippen molar-refractivity contribution in [3.05, 3.63) is 29.8 Å². The maximum atomic E-state index is 12.1. The van der Waals surface area contributed by atoms with E-state index in [2.05, 4.69) is 31.9 Å². The Morgan fingerprint density at radius 2 is 1.77 bits per heavy atom. The van der Waals surface area contributed by atoms with Gasteiger partial charge in [0.15, 0.2) is 5.96 Å². The number of para-hydroxylation sites is 1. The molecule has 0 heterocycles. The SMILES string of the molecule is CN=C(NCC(c1ccccc1OC)N(C)C)NCC(C)(C)NC(=O)OC(C)(C)C. The van der Waals surface area contributed by atoms with Crippen LogP contribution in [-0.2, 0) is 4.74 Å². The molecule has 1 rings (SSSR count). The van der Waals surface area contributed by atoms with Crippen molar-refractivity contribution in [3.63, 3.8) is 0 Å². The Bertz CT molecular complexity index is 711. The van der Waals surface area contributed by atoms with Crippen LogP contribution in [0.2, 0.25) is 0 Å². The number of amides is 1. The predicted octanol–water partition coefficient (Wildman–Crippen LogP) is 2.77. The highest BCUT2D eigenvalue weighted by Gasteiger charge is 2.25. The Kier molecular flexibility index (Phi) is 9.42. The van der Waals surface area contributed by atoms with E-state index in [1.54, 1.807) is 14.2 Å². The number of ether oxygens (including phenoxy) is 2. The number of likely N-dealkylation sites (N-methyl/N-ethyl adjacent to an activating group) is 1. The van der Waals surface area contributed by atoms with E-state index in [0.29, 0.717) is 19.0 Å². The number of guanidine groups is 1. The first-order valence-corrected chi connectivity index (χ1v) is 10.1. The quantitative estimate of drug-likeness (QED) is 0.442. The van der Waals surface area contributed by atoms with E-state index >= 15 is 0 Å². The van der Waals surface area contributed by atoms with Gasteiger partial charge in [-0.05, 0) is 54.8 Å². The molecule has 8 heteroatoms. The molecule has 170 valence electrons. The lowest BCUT2D eigenvalue weighted by Crippen LogP contribution is -2.54. The van der Waals surface area contributed by atoms with Gasteiger partial charge in [0.1, 0.15) is 11.4 Å². The molecule has 0 saturated carbocycles. The third-order valence-corrected chi connectivity index (χ3v) is 4.34. The zero-order valence-electron chi connectivity index (χ0n) is 19.9. The highest BCUT2D eigenvalue weighted by Crippen LogP contribution is 2.27. The Labute approximate surface area is 181 Å². The summed E-state index contributed by atoms with van der Waals surface area (Å²) in [4.78, 5) is 18.5. The van der Waals surface area contributed by atoms with Crippen LogP contribution in [0, 0.1) is 0 Å². The van der Waals surface area contributed by atoms with Crippen LogP contribution >= 0.6 is 0 Å². The summed E-state index contributed by atoms with van der Waals surface area (Å²) in [5.74, 6) is 1.50. The molecular weight excluding hydrogens is 382 g/mol. The molecule has 0 saturated heterocycles. The predicted molar refractivity (Wildman–Crippen MR) is 122 cm³/mol. The lowest BCUT2D eigenvalue weighted by Gasteiger charge is -2.30. The minimum absolute atomic E-state index is 0.0904. The van der Waals surface area contributed by atoms with Crippen molar-refractivity contribution < 1.29 is 14.3 Å². The van der Waals surface area contributed by atoms with Crippen LogP contribution in [0.25, 0.3) is 0 Å². The fourth-order valence-electron chi connectivity index (χ4n) is 2.86. The molecule has 0 aliphatic heterocycles. The molecule has 0 radical (unpaired) electrons. The maximum absolute atomic E-state index is 12.1. The van der Waals surface area contributed by atoms with E-state index in [-0.39, 0.29) is 6.04 Å². The number of alkyl carbamates (subject to hydrolysis) is 1. The van der Waals surface area contributed by atoms with Gasteiger partial charge < -0.3 is 30.3 Å². The van der Waals surface area contributed by atoms with Gasteiger partial charge in [0.2, 0.25) is 0 Å². The van der Waals surface area contributed by atoms with Gasteiger partial charge in [-0.1, -0.05) is 18.2 Å². The summed E-state index contributed by atoms with van der Waals surface area (Å²) in [6.45, 7) is 10.5. The van der Waals surface area contributed by atoms with E-state index in [9.17, 15) is 4.79 Å². The van der Waals surface area contributed by atoms with Gasteiger partial charge in [-0.3, -0.25) is 4.99 Å². The number of methoxy groups -OCH3 is 1. The van der Waals surface area contributed by atoms with Gasteiger partial charge in [-0.15, -0.1) is 0 Å². The van der Waals surface area contributed by atoms with Crippen LogP contribution in [0.4, 0.5) is 4.79 Å². The van der Waals surface area contributed by atoms with Crippen LogP contribution in [0.5, 0.6) is 5.75 Å². The Balaban J connectivity index is 2.69. The molecule has 0 aliphatic rings. The number of carbonyl (C=O) groups excluding carboxylic acids is 1. The molecule has 1 amide bonds. The van der Waals surface area contributed by atoms with Crippen molar-refractivity contribution in [2.45, 2.75) is 51.8 Å². The number of aliphatic imine (C=N–C) groups is 1. The summed E-state index contributed by atoms with van der Waals surface area (Å²) in [6.07, 6.45) is -0.443. The number of rotatable bonds is 8. The van der Waals surface area contributed by atoms with Crippen molar-refractivity contribution in [1.82, 2.24) is 20.9 Å². The van der Waals surface area contributed by atoms with Gasteiger partial charge in [0.25, 0.3) is 0 Å². The fraction of sp³-hybridized carbons (Fsp3) is 0.636. The van der Waals surface area contributed by atoms with Gasteiger partial charge in [0, 0.05) is 25.7 Å². The molecule has 0 aromatic heterocycles. The van der Waals surface area contributed by atoms with Crippen LogP contribution in [0.3, 0.4) is 0 Å². The van der Waals surface area contributed by atoms with E-state index in [4.69, 9.17) is 9.47 Å². The zero-order valence-corrected chi connectivity index (χ0v) is 19.9. The molecule has 0 fully saturated rings. The molecule has 1 unspecified atom stereocenters. The smallest absolute Gasteiger partial charge is 0.408 e. The summed E-state index contributed by atoms with van der Waals surface area (Å²) < 4.78 is 10.9. The van der Waals surface area contributed by atoms with Crippen LogP contribution in [0.15, 0.2) is 29.3 Å². The summed E-state index contributed by atoms with van der Waals surface area (Å²) >= 11 is 0. The van der Waals surface area contributed by atoms with Gasteiger partial charge in [-0.25, -0.2) is 4.79 Å². The van der Waals surface area contributed by atoms with Crippen molar-refractivity contribution >= 4 is 12.1 Å². The fourth-order valence-corrected chi connectivity index (χ4v) is 2.86. The second-order valence-corrected chi connectivity index (χ2v) is 9.04.